The predicted octanol–water partition coefficient (Wildman–Crippen LogP) is 5.47. The van der Waals surface area contributed by atoms with E-state index in [2.05, 4.69) is 0 Å². The highest BCUT2D eigenvalue weighted by Gasteiger charge is 2.11. The largest absolute Gasteiger partial charge is 0.454 e. The maximum atomic E-state index is 13.3. The van der Waals surface area contributed by atoms with Crippen LogP contribution in [-0.2, 0) is 0 Å². The Labute approximate surface area is 124 Å². The van der Waals surface area contributed by atoms with Gasteiger partial charge in [0.15, 0.2) is 5.75 Å². The third-order valence-corrected chi connectivity index (χ3v) is 3.50. The number of anilines is 1. The summed E-state index contributed by atoms with van der Waals surface area (Å²) in [7, 11) is 0. The number of ether oxygens (including phenoxy) is 1. The number of benzene rings is 2. The standard InChI is InChI=1S/C13H9Cl3FNO/c1-6-2-13(11(18)5-10(6)17)19-12-4-8(15)7(14)3-9(12)16/h2-5H,18H2,1H3. The number of hydrogen-bond donors (Lipinski definition) is 1. The highest BCUT2D eigenvalue weighted by Crippen LogP contribution is 2.38. The normalized spacial score (nSPS) is 10.6. The van der Waals surface area contributed by atoms with E-state index in [0.29, 0.717) is 27.1 Å². The number of hydrogen-bond acceptors (Lipinski definition) is 2. The highest BCUT2D eigenvalue weighted by atomic mass is 35.5. The van der Waals surface area contributed by atoms with Gasteiger partial charge in [0.1, 0.15) is 11.6 Å². The molecule has 6 heteroatoms. The fourth-order valence-corrected chi connectivity index (χ4v) is 2.04. The fourth-order valence-electron chi connectivity index (χ4n) is 1.46. The van der Waals surface area contributed by atoms with Gasteiger partial charge in [-0.2, -0.15) is 0 Å². The molecule has 2 N–H and O–H groups in total. The van der Waals surface area contributed by atoms with E-state index < -0.39 is 5.82 Å². The summed E-state index contributed by atoms with van der Waals surface area (Å²) in [4.78, 5) is 0. The zero-order valence-electron chi connectivity index (χ0n) is 9.81. The number of nitrogens with two attached hydrogens (primary N) is 1. The van der Waals surface area contributed by atoms with Gasteiger partial charge >= 0.3 is 0 Å². The van der Waals surface area contributed by atoms with Gasteiger partial charge in [-0.1, -0.05) is 34.8 Å². The lowest BCUT2D eigenvalue weighted by Gasteiger charge is -2.12. The molecule has 0 radical (unpaired) electrons. The molecule has 0 aromatic heterocycles. The second-order valence-electron chi connectivity index (χ2n) is 3.94. The van der Waals surface area contributed by atoms with Gasteiger partial charge in [-0.25, -0.2) is 4.39 Å². The quantitative estimate of drug-likeness (QED) is 0.588. The molecule has 0 heterocycles. The van der Waals surface area contributed by atoms with Crippen LogP contribution in [0.1, 0.15) is 5.56 Å². The SMILES string of the molecule is Cc1cc(Oc2cc(Cl)c(Cl)cc2Cl)c(N)cc1F. The molecule has 0 spiro atoms. The smallest absolute Gasteiger partial charge is 0.150 e. The molecule has 0 aliphatic heterocycles. The van der Waals surface area contributed by atoms with Gasteiger partial charge in [-0.05, 0) is 24.6 Å². The average Bonchev–Trinajstić information content (AvgIpc) is 2.32. The first kappa shape index (κ1) is 14.3. The van der Waals surface area contributed by atoms with Crippen molar-refractivity contribution in [2.75, 3.05) is 5.73 Å². The minimum Gasteiger partial charge on any atom is -0.454 e. The summed E-state index contributed by atoms with van der Waals surface area (Å²) in [6.07, 6.45) is 0. The molecule has 2 aromatic rings. The number of rotatable bonds is 2. The maximum absolute atomic E-state index is 13.3. The molecule has 0 fully saturated rings. The molecule has 2 rings (SSSR count). The van der Waals surface area contributed by atoms with Crippen molar-refractivity contribution < 1.29 is 9.13 Å². The van der Waals surface area contributed by atoms with E-state index in [1.807, 2.05) is 0 Å². The molecule has 0 atom stereocenters. The Morgan fingerprint density at radius 1 is 0.947 bits per heavy atom. The lowest BCUT2D eigenvalue weighted by atomic mass is 10.2. The molecule has 0 aliphatic carbocycles. The van der Waals surface area contributed by atoms with Crippen LogP contribution in [0.25, 0.3) is 0 Å². The molecule has 0 saturated carbocycles. The van der Waals surface area contributed by atoms with Crippen molar-refractivity contribution in [3.63, 3.8) is 0 Å². The third-order valence-electron chi connectivity index (χ3n) is 2.49. The van der Waals surface area contributed by atoms with Gasteiger partial charge in [0.25, 0.3) is 0 Å². The topological polar surface area (TPSA) is 35.2 Å². The minimum atomic E-state index is -0.398. The molecule has 0 amide bonds. The number of nitrogen functional groups attached to an aromatic ring is 1. The van der Waals surface area contributed by atoms with Crippen LogP contribution in [0.3, 0.4) is 0 Å². The van der Waals surface area contributed by atoms with Crippen molar-refractivity contribution in [1.29, 1.82) is 0 Å². The van der Waals surface area contributed by atoms with Crippen molar-refractivity contribution in [1.82, 2.24) is 0 Å². The van der Waals surface area contributed by atoms with Crippen LogP contribution in [0.15, 0.2) is 24.3 Å². The minimum absolute atomic E-state index is 0.172. The second kappa shape index (κ2) is 5.45. The molecule has 0 aliphatic rings. The van der Waals surface area contributed by atoms with E-state index in [9.17, 15) is 4.39 Å². The molecule has 2 aromatic carbocycles. The van der Waals surface area contributed by atoms with E-state index in [1.165, 1.54) is 24.3 Å². The van der Waals surface area contributed by atoms with E-state index in [0.717, 1.165) is 0 Å². The Balaban J connectivity index is 2.42. The predicted molar refractivity (Wildman–Crippen MR) is 77.1 cm³/mol. The van der Waals surface area contributed by atoms with Gasteiger partial charge in [0.05, 0.1) is 20.8 Å². The van der Waals surface area contributed by atoms with Crippen LogP contribution in [0.5, 0.6) is 11.5 Å². The zero-order valence-corrected chi connectivity index (χ0v) is 12.1. The van der Waals surface area contributed by atoms with Gasteiger partial charge < -0.3 is 10.5 Å². The third kappa shape index (κ3) is 3.06. The number of halogens is 4. The molecule has 0 saturated heterocycles. The van der Waals surface area contributed by atoms with E-state index in [1.54, 1.807) is 6.92 Å². The first-order chi connectivity index (χ1) is 8.88. The molecular formula is C13H9Cl3FNO. The van der Waals surface area contributed by atoms with Crippen molar-refractivity contribution in [2.24, 2.45) is 0 Å². The van der Waals surface area contributed by atoms with Gasteiger partial charge in [0, 0.05) is 12.1 Å². The lowest BCUT2D eigenvalue weighted by molar-refractivity contribution is 0.482. The summed E-state index contributed by atoms with van der Waals surface area (Å²) in [5.74, 6) is 0.207. The van der Waals surface area contributed by atoms with Crippen LogP contribution in [0.2, 0.25) is 15.1 Å². The lowest BCUT2D eigenvalue weighted by Crippen LogP contribution is -1.95. The van der Waals surface area contributed by atoms with E-state index in [-0.39, 0.29) is 10.7 Å². The molecule has 2 nitrogen and oxygen atoms in total. The number of aryl methyl sites for hydroxylation is 1. The van der Waals surface area contributed by atoms with Crippen molar-refractivity contribution >= 4 is 40.5 Å². The van der Waals surface area contributed by atoms with Crippen molar-refractivity contribution in [3.05, 3.63) is 50.7 Å². The van der Waals surface area contributed by atoms with Gasteiger partial charge in [0.2, 0.25) is 0 Å². The second-order valence-corrected chi connectivity index (χ2v) is 5.16. The van der Waals surface area contributed by atoms with E-state index in [4.69, 9.17) is 45.3 Å². The molecule has 100 valence electrons. The van der Waals surface area contributed by atoms with E-state index >= 15 is 0 Å². The first-order valence-electron chi connectivity index (χ1n) is 5.26. The van der Waals surface area contributed by atoms with Crippen molar-refractivity contribution in [2.45, 2.75) is 6.92 Å². The fraction of sp³-hybridized carbons (Fsp3) is 0.0769. The Morgan fingerprint density at radius 2 is 1.58 bits per heavy atom. The Kier molecular flexibility index (Phi) is 4.09. The van der Waals surface area contributed by atoms with Gasteiger partial charge in [-0.15, -0.1) is 0 Å². The van der Waals surface area contributed by atoms with Crippen LogP contribution >= 0.6 is 34.8 Å². The Hall–Kier alpha value is -1.16. The molecular weight excluding hydrogens is 312 g/mol. The summed E-state index contributed by atoms with van der Waals surface area (Å²) in [5.41, 5.74) is 6.28. The van der Waals surface area contributed by atoms with Crippen LogP contribution < -0.4 is 10.5 Å². The first-order valence-corrected chi connectivity index (χ1v) is 6.40. The summed E-state index contributed by atoms with van der Waals surface area (Å²) < 4.78 is 18.8. The Morgan fingerprint density at radius 3 is 2.26 bits per heavy atom. The highest BCUT2D eigenvalue weighted by molar-refractivity contribution is 6.43. The van der Waals surface area contributed by atoms with Gasteiger partial charge in [-0.3, -0.25) is 0 Å². The monoisotopic (exact) mass is 319 g/mol. The maximum Gasteiger partial charge on any atom is 0.150 e. The molecule has 19 heavy (non-hydrogen) atoms. The van der Waals surface area contributed by atoms with Crippen LogP contribution in [0.4, 0.5) is 10.1 Å². The summed E-state index contributed by atoms with van der Waals surface area (Å²) in [5, 5.41) is 0.913. The summed E-state index contributed by atoms with van der Waals surface area (Å²) in [6, 6.07) is 5.62. The van der Waals surface area contributed by atoms with Crippen LogP contribution in [-0.4, -0.2) is 0 Å². The molecule has 0 unspecified atom stereocenters. The van der Waals surface area contributed by atoms with Crippen LogP contribution in [0, 0.1) is 12.7 Å². The Bertz CT molecular complexity index is 591. The summed E-state index contributed by atoms with van der Waals surface area (Å²) in [6.45, 7) is 1.61. The summed E-state index contributed by atoms with van der Waals surface area (Å²) >= 11 is 17.7. The molecule has 0 bridgehead atoms. The average molecular weight is 321 g/mol. The zero-order chi connectivity index (χ0) is 14.2. The van der Waals surface area contributed by atoms with Crippen molar-refractivity contribution in [3.8, 4) is 11.5 Å².